The molecule has 2 aromatic carbocycles. The fourth-order valence-corrected chi connectivity index (χ4v) is 3.35. The maximum atomic E-state index is 13.4. The standard InChI is InChI=1S/C19H15ClF3NO/c20-14-6-8-15(9-7-14)24-16-10-11-17(25)18(16,12-19(21,22)23)13-4-2-1-3-5-13/h1-11,16,24H,12H2/t16-,18-/m1/s1. The molecular weight excluding hydrogens is 351 g/mol. The third-order valence-electron chi connectivity index (χ3n) is 4.35. The first kappa shape index (κ1) is 17.5. The van der Waals surface area contributed by atoms with Gasteiger partial charge in [-0.3, -0.25) is 4.79 Å². The van der Waals surface area contributed by atoms with Crippen molar-refractivity contribution in [3.63, 3.8) is 0 Å². The van der Waals surface area contributed by atoms with Gasteiger partial charge in [0.25, 0.3) is 0 Å². The van der Waals surface area contributed by atoms with Crippen LogP contribution >= 0.6 is 11.6 Å². The minimum absolute atomic E-state index is 0.341. The maximum Gasteiger partial charge on any atom is 0.390 e. The molecule has 0 aliphatic heterocycles. The molecule has 1 aliphatic carbocycles. The molecule has 0 radical (unpaired) electrons. The summed E-state index contributed by atoms with van der Waals surface area (Å²) in [4.78, 5) is 12.6. The number of alkyl halides is 3. The molecular formula is C19H15ClF3NO. The molecule has 25 heavy (non-hydrogen) atoms. The highest BCUT2D eigenvalue weighted by atomic mass is 35.5. The lowest BCUT2D eigenvalue weighted by Gasteiger charge is -2.36. The third-order valence-corrected chi connectivity index (χ3v) is 4.60. The zero-order valence-corrected chi connectivity index (χ0v) is 13.8. The summed E-state index contributed by atoms with van der Waals surface area (Å²) in [6.07, 6.45) is -3.00. The summed E-state index contributed by atoms with van der Waals surface area (Å²) in [7, 11) is 0. The quantitative estimate of drug-likeness (QED) is 0.811. The molecule has 1 N–H and O–H groups in total. The predicted molar refractivity (Wildman–Crippen MR) is 91.8 cm³/mol. The van der Waals surface area contributed by atoms with Crippen molar-refractivity contribution in [2.75, 3.05) is 5.32 Å². The summed E-state index contributed by atoms with van der Waals surface area (Å²) >= 11 is 5.85. The number of allylic oxidation sites excluding steroid dienone is 1. The van der Waals surface area contributed by atoms with Gasteiger partial charge in [-0.2, -0.15) is 13.2 Å². The van der Waals surface area contributed by atoms with Gasteiger partial charge in [0.15, 0.2) is 5.78 Å². The highest BCUT2D eigenvalue weighted by molar-refractivity contribution is 6.30. The molecule has 6 heteroatoms. The van der Waals surface area contributed by atoms with Crippen molar-refractivity contribution in [1.29, 1.82) is 0 Å². The Kier molecular flexibility index (Phi) is 4.60. The lowest BCUT2D eigenvalue weighted by Crippen LogP contribution is -2.48. The van der Waals surface area contributed by atoms with Crippen LogP contribution in [-0.4, -0.2) is 18.0 Å². The van der Waals surface area contributed by atoms with Crippen molar-refractivity contribution in [2.24, 2.45) is 0 Å². The van der Waals surface area contributed by atoms with Crippen LogP contribution in [0, 0.1) is 0 Å². The van der Waals surface area contributed by atoms with Crippen molar-refractivity contribution in [3.8, 4) is 0 Å². The minimum atomic E-state index is -4.49. The Labute approximate surface area is 148 Å². The van der Waals surface area contributed by atoms with E-state index in [1.807, 2.05) is 0 Å². The van der Waals surface area contributed by atoms with E-state index in [-0.39, 0.29) is 0 Å². The van der Waals surface area contributed by atoms with Crippen molar-refractivity contribution in [2.45, 2.75) is 24.1 Å². The van der Waals surface area contributed by atoms with Crippen molar-refractivity contribution in [1.82, 2.24) is 0 Å². The van der Waals surface area contributed by atoms with Gasteiger partial charge in [0.2, 0.25) is 0 Å². The molecule has 0 heterocycles. The number of rotatable bonds is 4. The SMILES string of the molecule is O=C1C=C[C@@H](Nc2ccc(Cl)cc2)[C@@]1(CC(F)(F)F)c1ccccc1. The number of anilines is 1. The predicted octanol–water partition coefficient (Wildman–Crippen LogP) is 5.15. The van der Waals surface area contributed by atoms with Gasteiger partial charge < -0.3 is 5.32 Å². The Morgan fingerprint density at radius 2 is 1.68 bits per heavy atom. The number of hydrogen-bond donors (Lipinski definition) is 1. The van der Waals surface area contributed by atoms with Crippen molar-refractivity contribution >= 4 is 23.1 Å². The van der Waals surface area contributed by atoms with Crippen LogP contribution in [0.4, 0.5) is 18.9 Å². The van der Waals surface area contributed by atoms with Crippen LogP contribution in [0.1, 0.15) is 12.0 Å². The Morgan fingerprint density at radius 3 is 2.28 bits per heavy atom. The van der Waals surface area contributed by atoms with Crippen LogP contribution in [0.15, 0.2) is 66.7 Å². The zero-order valence-electron chi connectivity index (χ0n) is 13.1. The normalized spacial score (nSPS) is 23.0. The lowest BCUT2D eigenvalue weighted by atomic mass is 9.71. The molecule has 3 rings (SSSR count). The second kappa shape index (κ2) is 6.56. The summed E-state index contributed by atoms with van der Waals surface area (Å²) in [6.45, 7) is 0. The second-order valence-corrected chi connectivity index (χ2v) is 6.42. The van der Waals surface area contributed by atoms with E-state index in [4.69, 9.17) is 11.6 Å². The molecule has 1 aliphatic rings. The van der Waals surface area contributed by atoms with E-state index in [1.165, 1.54) is 12.2 Å². The van der Waals surface area contributed by atoms with E-state index in [0.29, 0.717) is 16.3 Å². The van der Waals surface area contributed by atoms with Crippen molar-refractivity contribution in [3.05, 3.63) is 77.3 Å². The van der Waals surface area contributed by atoms with Gasteiger partial charge in [0.05, 0.1) is 17.9 Å². The smallest absolute Gasteiger partial charge is 0.377 e. The first-order valence-electron chi connectivity index (χ1n) is 7.68. The van der Waals surface area contributed by atoms with E-state index >= 15 is 0 Å². The first-order chi connectivity index (χ1) is 11.8. The summed E-state index contributed by atoms with van der Waals surface area (Å²) < 4.78 is 40.1. The molecule has 0 fully saturated rings. The fourth-order valence-electron chi connectivity index (χ4n) is 3.22. The maximum absolute atomic E-state index is 13.4. The highest BCUT2D eigenvalue weighted by Gasteiger charge is 2.54. The molecule has 0 saturated heterocycles. The molecule has 2 atom stereocenters. The topological polar surface area (TPSA) is 29.1 Å². The van der Waals surface area contributed by atoms with Gasteiger partial charge in [-0.25, -0.2) is 0 Å². The monoisotopic (exact) mass is 365 g/mol. The lowest BCUT2D eigenvalue weighted by molar-refractivity contribution is -0.155. The Bertz CT molecular complexity index is 787. The van der Waals surface area contributed by atoms with Gasteiger partial charge >= 0.3 is 6.18 Å². The average Bonchev–Trinajstić information content (AvgIpc) is 2.86. The van der Waals surface area contributed by atoms with Gasteiger partial charge in [-0.05, 0) is 35.9 Å². The minimum Gasteiger partial charge on any atom is -0.377 e. The number of hydrogen-bond acceptors (Lipinski definition) is 2. The van der Waals surface area contributed by atoms with Gasteiger partial charge in [0, 0.05) is 10.7 Å². The zero-order chi connectivity index (χ0) is 18.1. The largest absolute Gasteiger partial charge is 0.390 e. The summed E-state index contributed by atoms with van der Waals surface area (Å²) in [6, 6.07) is 13.9. The van der Waals surface area contributed by atoms with Crippen molar-refractivity contribution < 1.29 is 18.0 Å². The molecule has 0 bridgehead atoms. The van der Waals surface area contributed by atoms with E-state index in [9.17, 15) is 18.0 Å². The van der Waals surface area contributed by atoms with E-state index in [0.717, 1.165) is 0 Å². The number of nitrogens with one attached hydrogen (secondary N) is 1. The molecule has 0 aromatic heterocycles. The molecule has 2 nitrogen and oxygen atoms in total. The third kappa shape index (κ3) is 3.56. The number of benzene rings is 2. The molecule has 2 aromatic rings. The highest BCUT2D eigenvalue weighted by Crippen LogP contribution is 2.44. The molecule has 0 unspecified atom stereocenters. The number of halogens is 4. The van der Waals surface area contributed by atoms with E-state index in [1.54, 1.807) is 54.6 Å². The molecule has 0 saturated carbocycles. The van der Waals surface area contributed by atoms with Gasteiger partial charge in [-0.15, -0.1) is 0 Å². The van der Waals surface area contributed by atoms with E-state index in [2.05, 4.69) is 5.32 Å². The van der Waals surface area contributed by atoms with Crippen LogP contribution in [0.5, 0.6) is 0 Å². The van der Waals surface area contributed by atoms with Crippen LogP contribution in [0.3, 0.4) is 0 Å². The van der Waals surface area contributed by atoms with Gasteiger partial charge in [0.1, 0.15) is 0 Å². The molecule has 130 valence electrons. The summed E-state index contributed by atoms with van der Waals surface area (Å²) in [5.41, 5.74) is -0.788. The molecule has 0 spiro atoms. The molecule has 0 amide bonds. The summed E-state index contributed by atoms with van der Waals surface area (Å²) in [5.74, 6) is -0.553. The number of carbonyl (C=O) groups excluding carboxylic acids is 1. The Balaban J connectivity index is 2.04. The number of carbonyl (C=O) groups is 1. The van der Waals surface area contributed by atoms with Crippen LogP contribution in [-0.2, 0) is 10.2 Å². The first-order valence-corrected chi connectivity index (χ1v) is 8.06. The number of ketones is 1. The Morgan fingerprint density at radius 1 is 1.04 bits per heavy atom. The van der Waals surface area contributed by atoms with Gasteiger partial charge in [-0.1, -0.05) is 48.0 Å². The van der Waals surface area contributed by atoms with E-state index < -0.39 is 29.8 Å². The second-order valence-electron chi connectivity index (χ2n) is 5.98. The Hall–Kier alpha value is -2.27. The average molecular weight is 366 g/mol. The van der Waals surface area contributed by atoms with Crippen LogP contribution < -0.4 is 5.32 Å². The fraction of sp³-hybridized carbons (Fsp3) is 0.211. The summed E-state index contributed by atoms with van der Waals surface area (Å²) in [5, 5.41) is 3.57. The van der Waals surface area contributed by atoms with Crippen LogP contribution in [0.2, 0.25) is 5.02 Å². The van der Waals surface area contributed by atoms with Crippen LogP contribution in [0.25, 0.3) is 0 Å².